The van der Waals surface area contributed by atoms with Crippen LogP contribution in [0.15, 0.2) is 0 Å². The molecule has 0 bridgehead atoms. The standard InChI is InChI=1S/C23H46N6O13.3H2O4S.H2O/c24-2-7-13(32)15(34)10(28)21(37-7)40-18-6(27)1-5(26)12(31)20(18)42-23-17(36)19(9(4-30)39-23)41-22-11(29)16(35)14(33)8(3-25)38-22;3*1-5(2,3)4;/h5-23,30-36H,1-4,24-29H2;3*(H2,1,2,3,4);1H2/t5-,6+,7-,8+,9-,10-,11-,12+,13-,14-,15-,16-,17-,18-,19-,20-,21-,22-,23+;;;;/m1..../s1. The molecule has 3 saturated heterocycles. The zero-order chi connectivity index (χ0) is 44.5. The summed E-state index contributed by atoms with van der Waals surface area (Å²) in [5.41, 5.74) is 35.6. The van der Waals surface area contributed by atoms with E-state index in [1.54, 1.807) is 0 Å². The number of hydrogen-bond acceptors (Lipinski definition) is 25. The Morgan fingerprint density at radius 3 is 1.16 bits per heavy atom. The molecule has 27 N–H and O–H groups in total. The van der Waals surface area contributed by atoms with E-state index >= 15 is 0 Å². The molecule has 4 rings (SSSR count). The van der Waals surface area contributed by atoms with E-state index in [4.69, 9.17) is 115 Å². The van der Waals surface area contributed by atoms with Gasteiger partial charge in [0.1, 0.15) is 67.1 Å². The highest BCUT2D eigenvalue weighted by atomic mass is 32.3. The van der Waals surface area contributed by atoms with Crippen molar-refractivity contribution in [1.29, 1.82) is 0 Å². The molecule has 0 aromatic heterocycles. The Balaban J connectivity index is 0.00000173. The highest BCUT2D eigenvalue weighted by molar-refractivity contribution is 7.80. The van der Waals surface area contributed by atoms with E-state index in [1.807, 2.05) is 0 Å². The van der Waals surface area contributed by atoms with Gasteiger partial charge in [0.2, 0.25) is 0 Å². The summed E-state index contributed by atoms with van der Waals surface area (Å²) in [6, 6.07) is -4.18. The van der Waals surface area contributed by atoms with Crippen LogP contribution >= 0.6 is 0 Å². The van der Waals surface area contributed by atoms with Gasteiger partial charge in [-0.3, -0.25) is 27.3 Å². The summed E-state index contributed by atoms with van der Waals surface area (Å²) in [6.07, 6.45) is -19.8. The maximum absolute atomic E-state index is 11.1. The van der Waals surface area contributed by atoms with E-state index in [-0.39, 0.29) is 25.0 Å². The van der Waals surface area contributed by atoms with Crippen LogP contribution in [-0.2, 0) is 59.6 Å². The smallest absolute Gasteiger partial charge is 0.394 e. The molecule has 35 heteroatoms. The molecule has 0 spiro atoms. The van der Waals surface area contributed by atoms with Crippen LogP contribution in [0.2, 0.25) is 0 Å². The van der Waals surface area contributed by atoms with Crippen molar-refractivity contribution in [2.45, 2.75) is 123 Å². The minimum Gasteiger partial charge on any atom is -0.412 e. The van der Waals surface area contributed by atoms with E-state index in [2.05, 4.69) is 0 Å². The molecule has 3 heterocycles. The summed E-state index contributed by atoms with van der Waals surface area (Å²) in [5, 5.41) is 73.0. The molecule has 0 aromatic rings. The van der Waals surface area contributed by atoms with Gasteiger partial charge in [-0.1, -0.05) is 0 Å². The molecule has 350 valence electrons. The third-order valence-corrected chi connectivity index (χ3v) is 8.37. The number of nitrogens with two attached hydrogens (primary N) is 6. The molecule has 0 unspecified atom stereocenters. The third-order valence-electron chi connectivity index (χ3n) is 8.37. The predicted molar refractivity (Wildman–Crippen MR) is 185 cm³/mol. The highest BCUT2D eigenvalue weighted by Crippen LogP contribution is 2.34. The summed E-state index contributed by atoms with van der Waals surface area (Å²) in [4.78, 5) is 0. The van der Waals surface area contributed by atoms with Crippen molar-refractivity contribution in [2.75, 3.05) is 19.7 Å². The average Bonchev–Trinajstić information content (AvgIpc) is 3.36. The Morgan fingerprint density at radius 2 is 0.810 bits per heavy atom. The number of aliphatic hydroxyl groups excluding tert-OH is 7. The lowest BCUT2D eigenvalue weighted by Gasteiger charge is -2.47. The molecule has 58 heavy (non-hydrogen) atoms. The quantitative estimate of drug-likeness (QED) is 0.0955. The molecule has 0 radical (unpaired) electrons. The molecular formula is C23H54N6O26S3. The van der Waals surface area contributed by atoms with Gasteiger partial charge in [-0.2, -0.15) is 25.3 Å². The Labute approximate surface area is 329 Å². The molecule has 3 aliphatic heterocycles. The monoisotopic (exact) mass is 926 g/mol. The van der Waals surface area contributed by atoms with Crippen LogP contribution in [0.5, 0.6) is 0 Å². The Kier molecular flexibility index (Phi) is 23.4. The average molecular weight is 927 g/mol. The second-order valence-corrected chi connectivity index (χ2v) is 15.3. The fraction of sp³-hybridized carbons (Fsp3) is 1.00. The number of aliphatic hydroxyl groups is 7. The molecule has 0 aromatic carbocycles. The second-order valence-electron chi connectivity index (χ2n) is 12.6. The molecule has 0 amide bonds. The summed E-state index contributed by atoms with van der Waals surface area (Å²) in [5.74, 6) is 0. The first-order valence-electron chi connectivity index (χ1n) is 16.0. The minimum atomic E-state index is -4.67. The van der Waals surface area contributed by atoms with Crippen LogP contribution in [0, 0.1) is 0 Å². The van der Waals surface area contributed by atoms with Gasteiger partial charge in [-0.15, -0.1) is 0 Å². The highest BCUT2D eigenvalue weighted by Gasteiger charge is 2.54. The Bertz CT molecular complexity index is 1440. The van der Waals surface area contributed by atoms with E-state index in [0.29, 0.717) is 0 Å². The second kappa shape index (κ2) is 23.9. The minimum absolute atomic E-state index is 0. The van der Waals surface area contributed by atoms with Crippen LogP contribution in [-0.4, -0.2) is 230 Å². The largest absolute Gasteiger partial charge is 0.412 e. The van der Waals surface area contributed by atoms with E-state index in [0.717, 1.165) is 0 Å². The van der Waals surface area contributed by atoms with Gasteiger partial charge >= 0.3 is 31.2 Å². The summed E-state index contributed by atoms with van der Waals surface area (Å²) >= 11 is 0. The van der Waals surface area contributed by atoms with Gasteiger partial charge in [0.25, 0.3) is 0 Å². The molecule has 19 atom stereocenters. The lowest BCUT2D eigenvalue weighted by Crippen LogP contribution is -2.68. The predicted octanol–water partition coefficient (Wildman–Crippen LogP) is -11.7. The topological polar surface area (TPSA) is 608 Å². The number of ether oxygens (including phenoxy) is 6. The van der Waals surface area contributed by atoms with Crippen LogP contribution in [0.3, 0.4) is 0 Å². The SMILES string of the molecule is NC[C@@H]1O[C@H](O[C@H]2[C@@H](O)[C@H](O[C@@H]3[C@@H](O)[C@H](N)C[C@H](N)[C@H]3O[C@H]3O[C@H](CN)[C@@H](O)[C@H](O)[C@H]3N)O[C@@H]2CO)[C@H](N)[C@@H](O)[C@@H]1O.O.O=S(=O)(O)O.O=S(=O)(O)O.O=S(=O)(O)O. The van der Waals surface area contributed by atoms with Gasteiger partial charge < -0.3 is 104 Å². The lowest BCUT2D eigenvalue weighted by molar-refractivity contribution is -0.306. The fourth-order valence-electron chi connectivity index (χ4n) is 5.74. The zero-order valence-corrected chi connectivity index (χ0v) is 32.1. The summed E-state index contributed by atoms with van der Waals surface area (Å²) in [6.45, 7) is -0.967. The molecule has 4 aliphatic rings. The van der Waals surface area contributed by atoms with Crippen LogP contribution in [0.25, 0.3) is 0 Å². The first-order valence-corrected chi connectivity index (χ1v) is 20.2. The fourth-order valence-corrected chi connectivity index (χ4v) is 5.74. The third kappa shape index (κ3) is 18.4. The molecule has 1 saturated carbocycles. The van der Waals surface area contributed by atoms with Gasteiger partial charge in [0, 0.05) is 25.2 Å². The molecule has 4 fully saturated rings. The summed E-state index contributed by atoms with van der Waals surface area (Å²) in [7, 11) is -14.0. The van der Waals surface area contributed by atoms with Crippen molar-refractivity contribution >= 4 is 31.2 Å². The molecule has 1 aliphatic carbocycles. The van der Waals surface area contributed by atoms with Crippen LogP contribution in [0.4, 0.5) is 0 Å². The van der Waals surface area contributed by atoms with Gasteiger partial charge in [-0.25, -0.2) is 0 Å². The van der Waals surface area contributed by atoms with Gasteiger partial charge in [-0.05, 0) is 6.42 Å². The molecule has 32 nitrogen and oxygen atoms in total. The maximum Gasteiger partial charge on any atom is 0.394 e. The van der Waals surface area contributed by atoms with E-state index < -0.39 is 154 Å². The van der Waals surface area contributed by atoms with Crippen molar-refractivity contribution in [3.63, 3.8) is 0 Å². The Morgan fingerprint density at radius 1 is 0.483 bits per heavy atom. The van der Waals surface area contributed by atoms with Crippen molar-refractivity contribution in [3.05, 3.63) is 0 Å². The van der Waals surface area contributed by atoms with Gasteiger partial charge in [0.15, 0.2) is 18.9 Å². The Hall–Kier alpha value is -1.19. The van der Waals surface area contributed by atoms with Gasteiger partial charge in [0.05, 0.1) is 24.8 Å². The van der Waals surface area contributed by atoms with Crippen molar-refractivity contribution in [3.8, 4) is 0 Å². The van der Waals surface area contributed by atoms with Crippen LogP contribution in [0.1, 0.15) is 6.42 Å². The van der Waals surface area contributed by atoms with Crippen molar-refractivity contribution < 1.29 is 122 Å². The van der Waals surface area contributed by atoms with Crippen LogP contribution < -0.4 is 34.4 Å². The number of rotatable bonds is 9. The van der Waals surface area contributed by atoms with Crippen molar-refractivity contribution in [2.24, 2.45) is 34.4 Å². The molecular weight excluding hydrogens is 872 g/mol. The first kappa shape index (κ1) is 56.8. The van der Waals surface area contributed by atoms with E-state index in [1.165, 1.54) is 0 Å². The zero-order valence-electron chi connectivity index (χ0n) is 29.7. The van der Waals surface area contributed by atoms with E-state index in [9.17, 15) is 35.7 Å². The van der Waals surface area contributed by atoms with Crippen molar-refractivity contribution in [1.82, 2.24) is 0 Å². The first-order chi connectivity index (χ1) is 25.8. The normalized spacial score (nSPS) is 41.9. The maximum atomic E-state index is 11.1. The lowest BCUT2D eigenvalue weighted by atomic mass is 9.84. The number of hydrogen-bond donors (Lipinski definition) is 19. The summed E-state index contributed by atoms with van der Waals surface area (Å²) < 4.78 is 129.